The van der Waals surface area contributed by atoms with E-state index in [1.165, 1.54) is 25.7 Å². The van der Waals surface area contributed by atoms with Gasteiger partial charge in [0.05, 0.1) is 5.54 Å². The van der Waals surface area contributed by atoms with Crippen LogP contribution in [0.15, 0.2) is 0 Å². The molecule has 3 nitrogen and oxygen atoms in total. The molecule has 15 heavy (non-hydrogen) atoms. The van der Waals surface area contributed by atoms with Crippen LogP contribution in [-0.4, -0.2) is 18.0 Å². The van der Waals surface area contributed by atoms with Gasteiger partial charge in [0.2, 0.25) is 5.91 Å². The molecule has 0 radical (unpaired) electrons. The van der Waals surface area contributed by atoms with Gasteiger partial charge in [0.1, 0.15) is 0 Å². The third-order valence-corrected chi connectivity index (χ3v) is 3.94. The molecule has 3 N–H and O–H groups in total. The van der Waals surface area contributed by atoms with Gasteiger partial charge in [-0.2, -0.15) is 0 Å². The van der Waals surface area contributed by atoms with Crippen molar-refractivity contribution >= 4 is 5.91 Å². The van der Waals surface area contributed by atoms with E-state index in [1.54, 1.807) is 0 Å². The van der Waals surface area contributed by atoms with Crippen LogP contribution in [0, 0.1) is 11.8 Å². The van der Waals surface area contributed by atoms with E-state index in [0.717, 1.165) is 19.4 Å². The summed E-state index contributed by atoms with van der Waals surface area (Å²) in [5.74, 6) is 1.17. The third-order valence-electron chi connectivity index (χ3n) is 3.94. The van der Waals surface area contributed by atoms with Gasteiger partial charge in [-0.15, -0.1) is 0 Å². The minimum atomic E-state index is -0.626. The van der Waals surface area contributed by atoms with Gasteiger partial charge >= 0.3 is 0 Å². The first kappa shape index (κ1) is 10.9. The molecule has 0 aromatic heterocycles. The maximum Gasteiger partial charge on any atom is 0.240 e. The van der Waals surface area contributed by atoms with Gasteiger partial charge in [-0.3, -0.25) is 4.79 Å². The summed E-state index contributed by atoms with van der Waals surface area (Å²) in [6, 6.07) is 0. The van der Waals surface area contributed by atoms with E-state index in [1.807, 2.05) is 6.92 Å². The van der Waals surface area contributed by atoms with E-state index in [4.69, 9.17) is 5.73 Å². The maximum atomic E-state index is 11.9. The molecule has 0 aliphatic heterocycles. The molecule has 0 bridgehead atoms. The van der Waals surface area contributed by atoms with Crippen molar-refractivity contribution in [1.29, 1.82) is 0 Å². The summed E-state index contributed by atoms with van der Waals surface area (Å²) in [5.41, 5.74) is 5.41. The standard InChI is InChI=1S/C12H22N2O/c1-12(13,10-6-7-10)11(15)14-8-9-4-2-3-5-9/h9-10H,2-8,13H2,1H3,(H,14,15). The Kier molecular flexibility index (Phi) is 3.01. The Morgan fingerprint density at radius 1 is 1.33 bits per heavy atom. The summed E-state index contributed by atoms with van der Waals surface area (Å²) in [6.07, 6.45) is 7.41. The van der Waals surface area contributed by atoms with Gasteiger partial charge in [-0.05, 0) is 44.4 Å². The first-order valence-corrected chi connectivity index (χ1v) is 6.18. The van der Waals surface area contributed by atoms with Gasteiger partial charge in [-0.1, -0.05) is 12.8 Å². The molecule has 1 unspecified atom stereocenters. The number of hydrogen-bond donors (Lipinski definition) is 2. The van der Waals surface area contributed by atoms with Crippen LogP contribution < -0.4 is 11.1 Å². The average molecular weight is 210 g/mol. The number of hydrogen-bond acceptors (Lipinski definition) is 2. The summed E-state index contributed by atoms with van der Waals surface area (Å²) in [5, 5.41) is 3.02. The highest BCUT2D eigenvalue weighted by atomic mass is 16.2. The van der Waals surface area contributed by atoms with Gasteiger partial charge in [0.15, 0.2) is 0 Å². The second-order valence-electron chi connectivity index (χ2n) is 5.42. The van der Waals surface area contributed by atoms with Gasteiger partial charge in [0, 0.05) is 6.54 Å². The molecular formula is C12H22N2O. The number of nitrogens with one attached hydrogen (secondary N) is 1. The molecule has 0 aromatic carbocycles. The monoisotopic (exact) mass is 210 g/mol. The lowest BCUT2D eigenvalue weighted by molar-refractivity contribution is -0.126. The summed E-state index contributed by atoms with van der Waals surface area (Å²) in [7, 11) is 0. The molecule has 0 spiro atoms. The van der Waals surface area contributed by atoms with Crippen molar-refractivity contribution in [2.24, 2.45) is 17.6 Å². The van der Waals surface area contributed by atoms with Crippen LogP contribution in [0.2, 0.25) is 0 Å². The van der Waals surface area contributed by atoms with Gasteiger partial charge in [0.25, 0.3) is 0 Å². The molecule has 0 aromatic rings. The minimum Gasteiger partial charge on any atom is -0.354 e. The molecule has 86 valence electrons. The Balaban J connectivity index is 1.75. The van der Waals surface area contributed by atoms with Crippen molar-refractivity contribution in [3.05, 3.63) is 0 Å². The maximum absolute atomic E-state index is 11.9. The van der Waals surface area contributed by atoms with Crippen molar-refractivity contribution in [2.75, 3.05) is 6.54 Å². The van der Waals surface area contributed by atoms with Crippen LogP contribution in [0.3, 0.4) is 0 Å². The van der Waals surface area contributed by atoms with Gasteiger partial charge < -0.3 is 11.1 Å². The summed E-state index contributed by atoms with van der Waals surface area (Å²) < 4.78 is 0. The SMILES string of the molecule is CC(N)(C(=O)NCC1CCCC1)C1CC1. The van der Waals surface area contributed by atoms with Crippen molar-refractivity contribution in [3.63, 3.8) is 0 Å². The van der Waals surface area contributed by atoms with E-state index in [2.05, 4.69) is 5.32 Å². The molecule has 2 aliphatic carbocycles. The molecule has 1 amide bonds. The van der Waals surface area contributed by atoms with Gasteiger partial charge in [-0.25, -0.2) is 0 Å². The largest absolute Gasteiger partial charge is 0.354 e. The van der Waals surface area contributed by atoms with Crippen LogP contribution >= 0.6 is 0 Å². The average Bonchev–Trinajstić information content (AvgIpc) is 2.94. The molecule has 0 saturated heterocycles. The summed E-state index contributed by atoms with van der Waals surface area (Å²) in [6.45, 7) is 2.70. The predicted molar refractivity (Wildman–Crippen MR) is 60.3 cm³/mol. The highest BCUT2D eigenvalue weighted by molar-refractivity contribution is 5.86. The van der Waals surface area contributed by atoms with Crippen LogP contribution in [-0.2, 0) is 4.79 Å². The predicted octanol–water partition coefficient (Wildman–Crippen LogP) is 1.42. The lowest BCUT2D eigenvalue weighted by atomic mass is 9.96. The molecule has 2 aliphatic rings. The fourth-order valence-corrected chi connectivity index (χ4v) is 2.51. The quantitative estimate of drug-likeness (QED) is 0.737. The summed E-state index contributed by atoms with van der Waals surface area (Å²) >= 11 is 0. The number of rotatable bonds is 4. The highest BCUT2D eigenvalue weighted by Gasteiger charge is 2.43. The van der Waals surface area contributed by atoms with E-state index < -0.39 is 5.54 Å². The Bertz CT molecular complexity index is 240. The fraction of sp³-hybridized carbons (Fsp3) is 0.917. The highest BCUT2D eigenvalue weighted by Crippen LogP contribution is 2.38. The number of carbonyl (C=O) groups is 1. The molecule has 2 saturated carbocycles. The fourth-order valence-electron chi connectivity index (χ4n) is 2.51. The smallest absolute Gasteiger partial charge is 0.240 e. The van der Waals surface area contributed by atoms with Crippen molar-refractivity contribution in [1.82, 2.24) is 5.32 Å². The van der Waals surface area contributed by atoms with Crippen LogP contribution in [0.25, 0.3) is 0 Å². The molecule has 1 atom stereocenters. The number of nitrogens with two attached hydrogens (primary N) is 1. The Morgan fingerprint density at radius 2 is 1.93 bits per heavy atom. The topological polar surface area (TPSA) is 55.1 Å². The van der Waals surface area contributed by atoms with E-state index in [0.29, 0.717) is 11.8 Å². The molecule has 2 rings (SSSR count). The zero-order valence-corrected chi connectivity index (χ0v) is 9.59. The van der Waals surface area contributed by atoms with Crippen LogP contribution in [0.5, 0.6) is 0 Å². The van der Waals surface area contributed by atoms with E-state index >= 15 is 0 Å². The molecule has 0 heterocycles. The minimum absolute atomic E-state index is 0.0527. The molecule has 2 fully saturated rings. The van der Waals surface area contributed by atoms with Crippen molar-refractivity contribution in [3.8, 4) is 0 Å². The third kappa shape index (κ3) is 2.51. The Hall–Kier alpha value is -0.570. The Labute approximate surface area is 91.8 Å². The lowest BCUT2D eigenvalue weighted by Gasteiger charge is -2.24. The van der Waals surface area contributed by atoms with Crippen molar-refractivity contribution < 1.29 is 4.79 Å². The molecular weight excluding hydrogens is 188 g/mol. The first-order valence-electron chi connectivity index (χ1n) is 6.18. The first-order chi connectivity index (χ1) is 7.10. The second-order valence-corrected chi connectivity index (χ2v) is 5.42. The zero-order valence-electron chi connectivity index (χ0n) is 9.59. The lowest BCUT2D eigenvalue weighted by Crippen LogP contribution is -2.54. The number of amides is 1. The zero-order chi connectivity index (χ0) is 10.9. The van der Waals surface area contributed by atoms with E-state index in [-0.39, 0.29) is 5.91 Å². The van der Waals surface area contributed by atoms with Crippen molar-refractivity contribution in [2.45, 2.75) is 51.0 Å². The number of carbonyl (C=O) groups excluding carboxylic acids is 1. The second kappa shape index (κ2) is 4.12. The van der Waals surface area contributed by atoms with Crippen LogP contribution in [0.1, 0.15) is 45.4 Å². The Morgan fingerprint density at radius 3 is 2.47 bits per heavy atom. The molecule has 3 heteroatoms. The normalized spacial score (nSPS) is 26.3. The van der Waals surface area contributed by atoms with E-state index in [9.17, 15) is 4.79 Å². The van der Waals surface area contributed by atoms with Crippen LogP contribution in [0.4, 0.5) is 0 Å². The summed E-state index contributed by atoms with van der Waals surface area (Å²) in [4.78, 5) is 11.9.